The Balaban J connectivity index is 1.09. The zero-order valence-corrected chi connectivity index (χ0v) is 22.6. The molecule has 0 spiro atoms. The SMILES string of the molecule is O=C(N/N=C\c1ccncc1)c1cc[n+](Cc2ccc(C[n+]3ccc(C(=O)N/N=C\c4ccncc4)cc3)cc2)cc1. The summed E-state index contributed by atoms with van der Waals surface area (Å²) in [6.07, 6.45) is 17.3. The van der Waals surface area contributed by atoms with Crippen LogP contribution in [0.1, 0.15) is 43.0 Å². The number of carbonyl (C=O) groups is 2. The number of benzene rings is 1. The van der Waals surface area contributed by atoms with Crippen LogP contribution in [0.15, 0.2) is 133 Å². The second kappa shape index (κ2) is 13.9. The number of rotatable bonds is 10. The topological polar surface area (TPSA) is 116 Å². The summed E-state index contributed by atoms with van der Waals surface area (Å²) in [5.74, 6) is -0.560. The van der Waals surface area contributed by atoms with Gasteiger partial charge in [0.25, 0.3) is 11.8 Å². The first-order valence-electron chi connectivity index (χ1n) is 13.2. The third kappa shape index (κ3) is 8.06. The Kier molecular flexibility index (Phi) is 9.18. The maximum absolute atomic E-state index is 12.4. The van der Waals surface area contributed by atoms with Crippen LogP contribution in [-0.4, -0.2) is 34.2 Å². The van der Waals surface area contributed by atoms with Crippen LogP contribution in [0, 0.1) is 0 Å². The van der Waals surface area contributed by atoms with Gasteiger partial charge in [-0.05, 0) is 35.4 Å². The highest BCUT2D eigenvalue weighted by Crippen LogP contribution is 2.05. The number of pyridine rings is 4. The number of aromatic nitrogens is 4. The quantitative estimate of drug-likeness (QED) is 0.156. The summed E-state index contributed by atoms with van der Waals surface area (Å²) in [7, 11) is 0. The predicted molar refractivity (Wildman–Crippen MR) is 157 cm³/mol. The zero-order valence-electron chi connectivity index (χ0n) is 22.6. The first-order chi connectivity index (χ1) is 20.6. The van der Waals surface area contributed by atoms with Gasteiger partial charge in [-0.25, -0.2) is 20.0 Å². The van der Waals surface area contributed by atoms with Gasteiger partial charge in [0, 0.05) is 60.2 Å². The Morgan fingerprint density at radius 3 is 1.29 bits per heavy atom. The number of hydrogen-bond donors (Lipinski definition) is 2. The molecule has 0 aliphatic heterocycles. The Morgan fingerprint density at radius 2 is 0.929 bits per heavy atom. The van der Waals surface area contributed by atoms with Gasteiger partial charge < -0.3 is 0 Å². The second-order valence-electron chi connectivity index (χ2n) is 9.29. The van der Waals surface area contributed by atoms with E-state index in [1.165, 1.54) is 0 Å². The molecule has 0 atom stereocenters. The summed E-state index contributed by atoms with van der Waals surface area (Å²) in [6.45, 7) is 1.34. The molecule has 0 fully saturated rings. The van der Waals surface area contributed by atoms with Gasteiger partial charge in [-0.2, -0.15) is 10.2 Å². The minimum absolute atomic E-state index is 0.280. The second-order valence-corrected chi connectivity index (χ2v) is 9.29. The average Bonchev–Trinajstić information content (AvgIpc) is 3.04. The lowest BCUT2D eigenvalue weighted by Crippen LogP contribution is -2.34. The molecule has 0 radical (unpaired) electrons. The van der Waals surface area contributed by atoms with E-state index in [4.69, 9.17) is 0 Å². The van der Waals surface area contributed by atoms with Gasteiger partial charge in [-0.15, -0.1) is 0 Å². The monoisotopic (exact) mass is 556 g/mol. The van der Waals surface area contributed by atoms with Gasteiger partial charge in [-0.1, -0.05) is 24.3 Å². The summed E-state index contributed by atoms with van der Waals surface area (Å²) >= 11 is 0. The largest absolute Gasteiger partial charge is 0.271 e. The first kappa shape index (κ1) is 27.7. The normalized spacial score (nSPS) is 11.0. The lowest BCUT2D eigenvalue weighted by atomic mass is 10.1. The molecule has 0 aliphatic rings. The highest BCUT2D eigenvalue weighted by molar-refractivity contribution is 5.95. The van der Waals surface area contributed by atoms with Crippen molar-refractivity contribution in [2.75, 3.05) is 0 Å². The molecule has 1 aromatic carbocycles. The fourth-order valence-corrected chi connectivity index (χ4v) is 3.96. The molecule has 0 saturated heterocycles. The first-order valence-corrected chi connectivity index (χ1v) is 13.2. The van der Waals surface area contributed by atoms with E-state index in [-0.39, 0.29) is 11.8 Å². The molecule has 0 unspecified atom stereocenters. The van der Waals surface area contributed by atoms with E-state index in [1.807, 2.05) is 33.9 Å². The van der Waals surface area contributed by atoms with Crippen molar-refractivity contribution in [2.45, 2.75) is 13.1 Å². The molecule has 5 rings (SSSR count). The number of amides is 2. The fourth-order valence-electron chi connectivity index (χ4n) is 3.96. The molecule has 0 bridgehead atoms. The van der Waals surface area contributed by atoms with Crippen molar-refractivity contribution in [2.24, 2.45) is 10.2 Å². The molecule has 4 aromatic heterocycles. The van der Waals surface area contributed by atoms with E-state index >= 15 is 0 Å². The Hall–Kier alpha value is -5.90. The van der Waals surface area contributed by atoms with Gasteiger partial charge in [-0.3, -0.25) is 19.6 Å². The van der Waals surface area contributed by atoms with Crippen LogP contribution >= 0.6 is 0 Å². The van der Waals surface area contributed by atoms with E-state index in [2.05, 4.69) is 55.3 Å². The summed E-state index contributed by atoms with van der Waals surface area (Å²) in [5, 5.41) is 7.99. The molecule has 10 heteroatoms. The molecule has 0 aliphatic carbocycles. The number of hydrazone groups is 2. The van der Waals surface area contributed by atoms with Crippen LogP contribution in [-0.2, 0) is 13.1 Å². The van der Waals surface area contributed by atoms with Gasteiger partial charge in [0.05, 0.1) is 23.6 Å². The van der Waals surface area contributed by atoms with Crippen molar-refractivity contribution in [1.82, 2.24) is 20.8 Å². The molecule has 10 nitrogen and oxygen atoms in total. The number of nitrogens with zero attached hydrogens (tertiary/aromatic N) is 6. The molecular weight excluding hydrogens is 528 g/mol. The minimum atomic E-state index is -0.280. The Bertz CT molecular complexity index is 1540. The van der Waals surface area contributed by atoms with Crippen molar-refractivity contribution in [3.8, 4) is 0 Å². The fraction of sp³-hybridized carbons (Fsp3) is 0.0625. The molecule has 4 heterocycles. The van der Waals surface area contributed by atoms with Crippen molar-refractivity contribution >= 4 is 24.2 Å². The van der Waals surface area contributed by atoms with Gasteiger partial charge in [0.2, 0.25) is 0 Å². The van der Waals surface area contributed by atoms with Crippen LogP contribution < -0.4 is 20.0 Å². The van der Waals surface area contributed by atoms with Crippen LogP contribution in [0.25, 0.3) is 0 Å². The molecule has 2 N–H and O–H groups in total. The predicted octanol–water partition coefficient (Wildman–Crippen LogP) is 2.68. The Morgan fingerprint density at radius 1 is 0.571 bits per heavy atom. The van der Waals surface area contributed by atoms with Gasteiger partial charge >= 0.3 is 0 Å². The summed E-state index contributed by atoms with van der Waals surface area (Å²) in [4.78, 5) is 32.6. The lowest BCUT2D eigenvalue weighted by Gasteiger charge is -2.03. The molecule has 2 amide bonds. The molecule has 42 heavy (non-hydrogen) atoms. The van der Waals surface area contributed by atoms with E-state index in [1.54, 1.807) is 85.7 Å². The average molecular weight is 557 g/mol. The van der Waals surface area contributed by atoms with Crippen molar-refractivity contribution in [3.05, 3.63) is 156 Å². The summed E-state index contributed by atoms with van der Waals surface area (Å²) < 4.78 is 4.01. The molecule has 0 saturated carbocycles. The van der Waals surface area contributed by atoms with E-state index < -0.39 is 0 Å². The summed E-state index contributed by atoms with van der Waals surface area (Å²) in [6, 6.07) is 22.6. The molecule has 206 valence electrons. The van der Waals surface area contributed by atoms with Crippen molar-refractivity contribution in [3.63, 3.8) is 0 Å². The van der Waals surface area contributed by atoms with E-state index in [9.17, 15) is 9.59 Å². The highest BCUT2D eigenvalue weighted by atomic mass is 16.2. The zero-order chi connectivity index (χ0) is 29.0. The third-order valence-electron chi connectivity index (χ3n) is 6.23. The third-order valence-corrected chi connectivity index (χ3v) is 6.23. The number of hydrogen-bond acceptors (Lipinski definition) is 6. The van der Waals surface area contributed by atoms with E-state index in [0.717, 1.165) is 22.3 Å². The summed E-state index contributed by atoms with van der Waals surface area (Å²) in [5.41, 5.74) is 10.1. The standard InChI is InChI=1S/C32H26N8O2/c41-31(37-35-21-25-5-13-33-14-6-25)29-9-17-39(18-10-29)23-27-1-2-28(4-3-27)24-40-19-11-30(12-20-40)32(42)38-36-22-26-7-15-34-16-8-26/h1-22H,23-24H2/p+2. The number of carbonyl (C=O) groups excluding carboxylic acids is 2. The lowest BCUT2D eigenvalue weighted by molar-refractivity contribution is -0.689. The number of nitrogens with one attached hydrogen (secondary N) is 2. The van der Waals surface area contributed by atoms with Crippen molar-refractivity contribution in [1.29, 1.82) is 0 Å². The minimum Gasteiger partial charge on any atom is -0.267 e. The molecular formula is C32H28N8O2+2. The maximum atomic E-state index is 12.4. The van der Waals surface area contributed by atoms with Crippen LogP contribution in [0.5, 0.6) is 0 Å². The molecule has 5 aromatic rings. The van der Waals surface area contributed by atoms with Crippen LogP contribution in [0.3, 0.4) is 0 Å². The maximum Gasteiger partial charge on any atom is 0.271 e. The van der Waals surface area contributed by atoms with Crippen molar-refractivity contribution < 1.29 is 18.7 Å². The van der Waals surface area contributed by atoms with Gasteiger partial charge in [0.15, 0.2) is 37.9 Å². The smallest absolute Gasteiger partial charge is 0.267 e. The van der Waals surface area contributed by atoms with Crippen LogP contribution in [0.2, 0.25) is 0 Å². The van der Waals surface area contributed by atoms with Crippen LogP contribution in [0.4, 0.5) is 0 Å². The highest BCUT2D eigenvalue weighted by Gasteiger charge is 2.11. The Labute approximate surface area is 242 Å². The van der Waals surface area contributed by atoms with Gasteiger partial charge in [0.1, 0.15) is 0 Å². The van der Waals surface area contributed by atoms with E-state index in [0.29, 0.717) is 24.2 Å².